The molecule has 0 spiro atoms. The second-order valence-electron chi connectivity index (χ2n) is 5.05. The summed E-state index contributed by atoms with van der Waals surface area (Å²) in [5.74, 6) is 0.911. The number of fused-ring (bicyclic) bond motifs is 3. The maximum Gasteiger partial charge on any atom is 0.338 e. The van der Waals surface area contributed by atoms with Crippen LogP contribution in [0.5, 0.6) is 5.75 Å². The molecule has 3 rings (SSSR count). The minimum absolute atomic E-state index is 0.0177. The zero-order chi connectivity index (χ0) is 12.7. The topological polar surface area (TPSA) is 38.8 Å². The average molecular weight is 247 g/mol. The number of piperidine rings is 1. The molecule has 2 aliphatic rings. The van der Waals surface area contributed by atoms with Crippen molar-refractivity contribution in [2.75, 3.05) is 27.2 Å². The summed E-state index contributed by atoms with van der Waals surface area (Å²) in [4.78, 5) is 14.2. The van der Waals surface area contributed by atoms with Crippen LogP contribution in [-0.4, -0.2) is 44.2 Å². The van der Waals surface area contributed by atoms with E-state index in [2.05, 4.69) is 11.9 Å². The molecule has 2 aliphatic heterocycles. The number of carbonyl (C=O) groups is 1. The first kappa shape index (κ1) is 11.5. The highest BCUT2D eigenvalue weighted by Crippen LogP contribution is 2.38. The number of rotatable bonds is 1. The molecule has 0 aromatic heterocycles. The van der Waals surface area contributed by atoms with Crippen LogP contribution in [0.25, 0.3) is 0 Å². The molecular formula is C14H17NO3. The first-order valence-electron chi connectivity index (χ1n) is 6.26. The molecule has 0 amide bonds. The lowest BCUT2D eigenvalue weighted by atomic mass is 9.82. The van der Waals surface area contributed by atoms with Crippen molar-refractivity contribution in [3.63, 3.8) is 0 Å². The van der Waals surface area contributed by atoms with E-state index in [0.717, 1.165) is 30.8 Å². The van der Waals surface area contributed by atoms with Crippen molar-refractivity contribution < 1.29 is 14.3 Å². The van der Waals surface area contributed by atoms with Gasteiger partial charge in [0.05, 0.1) is 12.7 Å². The van der Waals surface area contributed by atoms with Crippen molar-refractivity contribution in [3.8, 4) is 5.75 Å². The molecule has 18 heavy (non-hydrogen) atoms. The summed E-state index contributed by atoms with van der Waals surface area (Å²) in [6.45, 7) is 1.85. The molecule has 1 saturated heterocycles. The third-order valence-corrected chi connectivity index (χ3v) is 3.90. The largest absolute Gasteiger partial charge is 0.497 e. The molecule has 4 heteroatoms. The predicted molar refractivity (Wildman–Crippen MR) is 67.1 cm³/mol. The zero-order valence-corrected chi connectivity index (χ0v) is 10.7. The Morgan fingerprint density at radius 2 is 2.28 bits per heavy atom. The monoisotopic (exact) mass is 247 g/mol. The normalized spacial score (nSPS) is 27.1. The fourth-order valence-corrected chi connectivity index (χ4v) is 2.91. The smallest absolute Gasteiger partial charge is 0.338 e. The summed E-state index contributed by atoms with van der Waals surface area (Å²) in [5, 5.41) is 0. The fraction of sp³-hybridized carbons (Fsp3) is 0.500. The van der Waals surface area contributed by atoms with Gasteiger partial charge in [-0.05, 0) is 43.8 Å². The van der Waals surface area contributed by atoms with Gasteiger partial charge in [0.1, 0.15) is 11.9 Å². The number of hydrogen-bond acceptors (Lipinski definition) is 4. The molecule has 2 unspecified atom stereocenters. The van der Waals surface area contributed by atoms with Crippen LogP contribution in [0.4, 0.5) is 0 Å². The number of carbonyl (C=O) groups excluding carboxylic acids is 1. The summed E-state index contributed by atoms with van der Waals surface area (Å²) in [6.07, 6.45) is 1.00. The van der Waals surface area contributed by atoms with Crippen LogP contribution in [0.2, 0.25) is 0 Å². The van der Waals surface area contributed by atoms with Crippen LogP contribution in [0.15, 0.2) is 18.2 Å². The zero-order valence-electron chi connectivity index (χ0n) is 10.7. The summed E-state index contributed by atoms with van der Waals surface area (Å²) in [7, 11) is 3.71. The molecule has 0 saturated carbocycles. The van der Waals surface area contributed by atoms with E-state index in [1.54, 1.807) is 7.11 Å². The Morgan fingerprint density at radius 1 is 1.44 bits per heavy atom. The summed E-state index contributed by atoms with van der Waals surface area (Å²) in [6, 6.07) is 5.61. The average Bonchev–Trinajstić information content (AvgIpc) is 2.38. The first-order valence-corrected chi connectivity index (χ1v) is 6.26. The Balaban J connectivity index is 2.02. The van der Waals surface area contributed by atoms with Crippen molar-refractivity contribution >= 4 is 5.97 Å². The number of ether oxygens (including phenoxy) is 2. The standard InChI is InChI=1S/C14H17NO3/c1-15-6-5-10-12-7-9(17-2)3-4-11(12)14(16)18-13(10)8-15/h3-4,7,10,13H,5-6,8H2,1-2H3. The SMILES string of the molecule is COc1ccc2c(c1)C1CCN(C)CC1OC2=O. The number of likely N-dealkylation sites (N-methyl/N-ethyl adjacent to an activating group) is 1. The van der Waals surface area contributed by atoms with E-state index in [1.165, 1.54) is 0 Å². The number of nitrogens with zero attached hydrogens (tertiary/aromatic N) is 1. The van der Waals surface area contributed by atoms with Crippen molar-refractivity contribution in [3.05, 3.63) is 29.3 Å². The molecule has 0 bridgehead atoms. The van der Waals surface area contributed by atoms with Gasteiger partial charge in [0.15, 0.2) is 0 Å². The third kappa shape index (κ3) is 1.77. The van der Waals surface area contributed by atoms with Crippen LogP contribution in [0.3, 0.4) is 0 Å². The van der Waals surface area contributed by atoms with Crippen LogP contribution in [0.1, 0.15) is 28.3 Å². The van der Waals surface area contributed by atoms with E-state index in [1.807, 2.05) is 18.2 Å². The molecule has 0 N–H and O–H groups in total. The lowest BCUT2D eigenvalue weighted by molar-refractivity contribution is -0.00456. The summed E-state index contributed by atoms with van der Waals surface area (Å²) in [5.41, 5.74) is 1.78. The maximum absolute atomic E-state index is 12.0. The van der Waals surface area contributed by atoms with E-state index in [-0.39, 0.29) is 12.1 Å². The Morgan fingerprint density at radius 3 is 3.06 bits per heavy atom. The molecule has 2 atom stereocenters. The fourth-order valence-electron chi connectivity index (χ4n) is 2.91. The Labute approximate surface area is 106 Å². The van der Waals surface area contributed by atoms with Gasteiger partial charge in [0, 0.05) is 12.5 Å². The second-order valence-corrected chi connectivity index (χ2v) is 5.05. The van der Waals surface area contributed by atoms with Crippen LogP contribution in [0, 0.1) is 0 Å². The summed E-state index contributed by atoms with van der Waals surface area (Å²) < 4.78 is 10.8. The molecular weight excluding hydrogens is 230 g/mol. The Kier molecular flexibility index (Phi) is 2.74. The Bertz CT molecular complexity index is 486. The molecule has 0 aliphatic carbocycles. The van der Waals surface area contributed by atoms with Gasteiger partial charge in [0.25, 0.3) is 0 Å². The van der Waals surface area contributed by atoms with Crippen LogP contribution >= 0.6 is 0 Å². The van der Waals surface area contributed by atoms with E-state index in [0.29, 0.717) is 11.5 Å². The lowest BCUT2D eigenvalue weighted by Gasteiger charge is -2.39. The van der Waals surface area contributed by atoms with E-state index < -0.39 is 0 Å². The van der Waals surface area contributed by atoms with Crippen molar-refractivity contribution in [2.24, 2.45) is 0 Å². The number of methoxy groups -OCH3 is 1. The molecule has 1 aromatic rings. The van der Waals surface area contributed by atoms with Gasteiger partial charge < -0.3 is 14.4 Å². The van der Waals surface area contributed by atoms with Crippen molar-refractivity contribution in [2.45, 2.75) is 18.4 Å². The highest BCUT2D eigenvalue weighted by molar-refractivity contribution is 5.93. The summed E-state index contributed by atoms with van der Waals surface area (Å²) >= 11 is 0. The maximum atomic E-state index is 12.0. The van der Waals surface area contributed by atoms with E-state index in [4.69, 9.17) is 9.47 Å². The van der Waals surface area contributed by atoms with Crippen LogP contribution in [-0.2, 0) is 4.74 Å². The molecule has 96 valence electrons. The number of likely N-dealkylation sites (tertiary alicyclic amines) is 1. The van der Waals surface area contributed by atoms with E-state index >= 15 is 0 Å². The van der Waals surface area contributed by atoms with Gasteiger partial charge in [-0.2, -0.15) is 0 Å². The Hall–Kier alpha value is -1.55. The van der Waals surface area contributed by atoms with Gasteiger partial charge in [-0.3, -0.25) is 0 Å². The third-order valence-electron chi connectivity index (χ3n) is 3.90. The molecule has 0 radical (unpaired) electrons. The first-order chi connectivity index (χ1) is 8.69. The second kappa shape index (κ2) is 4.28. The highest BCUT2D eigenvalue weighted by Gasteiger charge is 2.38. The molecule has 2 heterocycles. The number of hydrogen-bond donors (Lipinski definition) is 0. The van der Waals surface area contributed by atoms with Crippen molar-refractivity contribution in [1.29, 1.82) is 0 Å². The van der Waals surface area contributed by atoms with Gasteiger partial charge in [-0.1, -0.05) is 0 Å². The minimum atomic E-state index is -0.204. The van der Waals surface area contributed by atoms with Gasteiger partial charge in [0.2, 0.25) is 0 Å². The van der Waals surface area contributed by atoms with Gasteiger partial charge >= 0.3 is 5.97 Å². The molecule has 1 fully saturated rings. The number of esters is 1. The molecule has 1 aromatic carbocycles. The minimum Gasteiger partial charge on any atom is -0.497 e. The quantitative estimate of drug-likeness (QED) is 0.707. The number of benzene rings is 1. The van der Waals surface area contributed by atoms with Crippen molar-refractivity contribution in [1.82, 2.24) is 4.90 Å². The van der Waals surface area contributed by atoms with E-state index in [9.17, 15) is 4.79 Å². The molecule has 4 nitrogen and oxygen atoms in total. The lowest BCUT2D eigenvalue weighted by Crippen LogP contribution is -2.45. The van der Waals surface area contributed by atoms with Gasteiger partial charge in [-0.25, -0.2) is 4.79 Å². The van der Waals surface area contributed by atoms with Gasteiger partial charge in [-0.15, -0.1) is 0 Å². The van der Waals surface area contributed by atoms with Crippen LogP contribution < -0.4 is 4.74 Å². The predicted octanol–water partition coefficient (Wildman–Crippen LogP) is 1.65. The highest BCUT2D eigenvalue weighted by atomic mass is 16.5.